The molecule has 0 saturated carbocycles. The molecular formula is C20H20FN5O. The van der Waals surface area contributed by atoms with Crippen molar-refractivity contribution in [2.24, 2.45) is 5.73 Å². The molecule has 4 rings (SSSR count). The van der Waals surface area contributed by atoms with Gasteiger partial charge in [0, 0.05) is 29.3 Å². The van der Waals surface area contributed by atoms with E-state index in [9.17, 15) is 9.18 Å². The lowest BCUT2D eigenvalue weighted by Gasteiger charge is -2.24. The topological polar surface area (TPSA) is 85.8 Å². The van der Waals surface area contributed by atoms with E-state index in [4.69, 9.17) is 5.73 Å². The lowest BCUT2D eigenvalue weighted by molar-refractivity contribution is 0.100. The molecule has 6 nitrogen and oxygen atoms in total. The van der Waals surface area contributed by atoms with Crippen molar-refractivity contribution < 1.29 is 9.18 Å². The summed E-state index contributed by atoms with van der Waals surface area (Å²) in [5, 5.41) is 12.1. The second kappa shape index (κ2) is 6.50. The van der Waals surface area contributed by atoms with Gasteiger partial charge in [0.05, 0.1) is 17.4 Å². The number of halogens is 1. The number of primary amides is 1. The van der Waals surface area contributed by atoms with Crippen LogP contribution in [0, 0.1) is 12.7 Å². The zero-order valence-corrected chi connectivity index (χ0v) is 15.1. The molecule has 0 radical (unpaired) electrons. The van der Waals surface area contributed by atoms with Crippen LogP contribution in [-0.2, 0) is 0 Å². The molecule has 138 valence electrons. The number of amides is 1. The zero-order chi connectivity index (χ0) is 19.1. The van der Waals surface area contributed by atoms with Gasteiger partial charge in [0.2, 0.25) is 5.91 Å². The molecule has 0 spiro atoms. The van der Waals surface area contributed by atoms with E-state index in [1.54, 1.807) is 24.3 Å². The zero-order valence-electron chi connectivity index (χ0n) is 15.1. The number of hydrogen-bond acceptors (Lipinski definition) is 4. The molecule has 2 heterocycles. The first kappa shape index (κ1) is 17.2. The number of carbonyl (C=O) groups is 1. The molecule has 7 heteroatoms. The van der Waals surface area contributed by atoms with Crippen LogP contribution >= 0.6 is 0 Å². The van der Waals surface area contributed by atoms with Crippen LogP contribution in [0.5, 0.6) is 0 Å². The van der Waals surface area contributed by atoms with Crippen molar-refractivity contribution in [1.82, 2.24) is 15.0 Å². The highest BCUT2D eigenvalue weighted by atomic mass is 19.1. The summed E-state index contributed by atoms with van der Waals surface area (Å²) in [6.45, 7) is 4.59. The number of carbonyl (C=O) groups excluding carboxylic acids is 1. The van der Waals surface area contributed by atoms with Gasteiger partial charge in [0.25, 0.3) is 0 Å². The maximum atomic E-state index is 13.3. The third-order valence-electron chi connectivity index (χ3n) is 5.21. The molecule has 0 saturated heterocycles. The van der Waals surface area contributed by atoms with Crippen LogP contribution in [-0.4, -0.2) is 27.4 Å². The van der Waals surface area contributed by atoms with Gasteiger partial charge < -0.3 is 11.1 Å². The molecule has 2 aromatic carbocycles. The number of benzene rings is 2. The van der Waals surface area contributed by atoms with Crippen molar-refractivity contribution in [2.75, 3.05) is 11.9 Å². The number of nitrogens with two attached hydrogens (primary N) is 1. The highest BCUT2D eigenvalue weighted by Gasteiger charge is 2.30. The fourth-order valence-electron chi connectivity index (χ4n) is 3.65. The minimum Gasteiger partial charge on any atom is -0.382 e. The van der Waals surface area contributed by atoms with Gasteiger partial charge in [-0.15, -0.1) is 5.10 Å². The Morgan fingerprint density at radius 2 is 2.04 bits per heavy atom. The van der Waals surface area contributed by atoms with Gasteiger partial charge in [-0.05, 0) is 42.8 Å². The Balaban J connectivity index is 1.80. The van der Waals surface area contributed by atoms with E-state index >= 15 is 0 Å². The molecule has 1 aliphatic rings. The fraction of sp³-hybridized carbons (Fsp3) is 0.250. The quantitative estimate of drug-likeness (QED) is 0.746. The van der Waals surface area contributed by atoms with E-state index in [1.165, 1.54) is 12.1 Å². The number of nitrogens with one attached hydrogen (secondary N) is 1. The standard InChI is InChI=1S/C20H20FN5O/c1-11(13-3-6-15(21)7-4-13)18-10-23-17-9-14(20(22)27)5-8-16(17)19-12(2)24-25-26(18)19/h3-9,11,18,23H,10H2,1-2H3,(H2,22,27)/t11-,18?/m1/s1. The minimum absolute atomic E-state index is 0.0314. The average Bonchev–Trinajstić information content (AvgIpc) is 2.94. The molecular weight excluding hydrogens is 345 g/mol. The summed E-state index contributed by atoms with van der Waals surface area (Å²) in [5.41, 5.74) is 10.4. The Labute approximate surface area is 156 Å². The van der Waals surface area contributed by atoms with Crippen LogP contribution in [0.15, 0.2) is 42.5 Å². The Bertz CT molecular complexity index is 1010. The maximum Gasteiger partial charge on any atom is 0.248 e. The normalized spacial score (nSPS) is 16.6. The molecule has 3 N–H and O–H groups in total. The maximum absolute atomic E-state index is 13.3. The van der Waals surface area contributed by atoms with Crippen LogP contribution < -0.4 is 11.1 Å². The molecule has 1 unspecified atom stereocenters. The smallest absolute Gasteiger partial charge is 0.248 e. The van der Waals surface area contributed by atoms with Gasteiger partial charge in [-0.1, -0.05) is 24.3 Å². The van der Waals surface area contributed by atoms with Gasteiger partial charge in [-0.25, -0.2) is 9.07 Å². The molecule has 2 atom stereocenters. The van der Waals surface area contributed by atoms with Crippen molar-refractivity contribution in [3.05, 3.63) is 65.1 Å². The predicted octanol–water partition coefficient (Wildman–Crippen LogP) is 3.26. The SMILES string of the molecule is Cc1nnn2c1-c1ccc(C(N)=O)cc1NCC2[C@H](C)c1ccc(F)cc1. The van der Waals surface area contributed by atoms with E-state index in [0.717, 1.165) is 28.2 Å². The van der Waals surface area contributed by atoms with Gasteiger partial charge in [-0.2, -0.15) is 0 Å². The molecule has 1 amide bonds. The molecule has 1 aliphatic heterocycles. The van der Waals surface area contributed by atoms with Crippen LogP contribution in [0.1, 0.15) is 40.5 Å². The summed E-state index contributed by atoms with van der Waals surface area (Å²) in [5.74, 6) is -0.653. The number of nitrogens with zero attached hydrogens (tertiary/aromatic N) is 3. The molecule has 0 bridgehead atoms. The number of rotatable bonds is 3. The molecule has 1 aromatic heterocycles. The van der Waals surface area contributed by atoms with Gasteiger partial charge in [-0.3, -0.25) is 4.79 Å². The van der Waals surface area contributed by atoms with Crippen molar-refractivity contribution in [3.8, 4) is 11.3 Å². The van der Waals surface area contributed by atoms with Gasteiger partial charge >= 0.3 is 0 Å². The van der Waals surface area contributed by atoms with Crippen LogP contribution in [0.3, 0.4) is 0 Å². The molecule has 0 aliphatic carbocycles. The average molecular weight is 365 g/mol. The molecule has 27 heavy (non-hydrogen) atoms. The van der Waals surface area contributed by atoms with Crippen molar-refractivity contribution in [1.29, 1.82) is 0 Å². The highest BCUT2D eigenvalue weighted by molar-refractivity contribution is 5.95. The largest absolute Gasteiger partial charge is 0.382 e. The summed E-state index contributed by atoms with van der Waals surface area (Å²) in [4.78, 5) is 11.6. The fourth-order valence-corrected chi connectivity index (χ4v) is 3.65. The second-order valence-electron chi connectivity index (χ2n) is 6.88. The molecule has 0 fully saturated rings. The van der Waals surface area contributed by atoms with E-state index in [0.29, 0.717) is 12.1 Å². The number of aromatic nitrogens is 3. The summed E-state index contributed by atoms with van der Waals surface area (Å²) in [6.07, 6.45) is 0. The monoisotopic (exact) mass is 365 g/mol. The van der Waals surface area contributed by atoms with Gasteiger partial charge in [0.1, 0.15) is 5.82 Å². The lowest BCUT2D eigenvalue weighted by Crippen LogP contribution is -2.24. The summed E-state index contributed by atoms with van der Waals surface area (Å²) in [7, 11) is 0. The number of fused-ring (bicyclic) bond motifs is 3. The lowest BCUT2D eigenvalue weighted by atomic mass is 9.93. The summed E-state index contributed by atoms with van der Waals surface area (Å²) >= 11 is 0. The molecule has 3 aromatic rings. The first-order chi connectivity index (χ1) is 13.0. The van der Waals surface area contributed by atoms with Gasteiger partial charge in [0.15, 0.2) is 0 Å². The van der Waals surface area contributed by atoms with E-state index in [1.807, 2.05) is 17.7 Å². The number of hydrogen-bond donors (Lipinski definition) is 2. The van der Waals surface area contributed by atoms with E-state index in [-0.39, 0.29) is 17.8 Å². The third-order valence-corrected chi connectivity index (χ3v) is 5.21. The summed E-state index contributed by atoms with van der Waals surface area (Å²) < 4.78 is 15.2. The third kappa shape index (κ3) is 2.95. The van der Waals surface area contributed by atoms with E-state index < -0.39 is 5.91 Å². The van der Waals surface area contributed by atoms with Crippen molar-refractivity contribution >= 4 is 11.6 Å². The Hall–Kier alpha value is -3.22. The first-order valence-corrected chi connectivity index (χ1v) is 8.81. The highest BCUT2D eigenvalue weighted by Crippen LogP contribution is 2.39. The van der Waals surface area contributed by atoms with Crippen molar-refractivity contribution in [2.45, 2.75) is 25.8 Å². The Kier molecular flexibility index (Phi) is 4.14. The van der Waals surface area contributed by atoms with Crippen LogP contribution in [0.25, 0.3) is 11.3 Å². The Morgan fingerprint density at radius 1 is 1.30 bits per heavy atom. The number of anilines is 1. The van der Waals surface area contributed by atoms with Crippen LogP contribution in [0.2, 0.25) is 0 Å². The number of aryl methyl sites for hydroxylation is 1. The second-order valence-corrected chi connectivity index (χ2v) is 6.88. The van der Waals surface area contributed by atoms with E-state index in [2.05, 4.69) is 22.6 Å². The van der Waals surface area contributed by atoms with Crippen LogP contribution in [0.4, 0.5) is 10.1 Å². The first-order valence-electron chi connectivity index (χ1n) is 8.81. The minimum atomic E-state index is -0.469. The van der Waals surface area contributed by atoms with Crippen molar-refractivity contribution in [3.63, 3.8) is 0 Å². The predicted molar refractivity (Wildman–Crippen MR) is 101 cm³/mol. The summed E-state index contributed by atoms with van der Waals surface area (Å²) in [6, 6.07) is 11.8. The Morgan fingerprint density at radius 3 is 2.74 bits per heavy atom.